The lowest BCUT2D eigenvalue weighted by atomic mass is 10.0. The van der Waals surface area contributed by atoms with E-state index in [-0.39, 0.29) is 0 Å². The maximum absolute atomic E-state index is 2.31. The van der Waals surface area contributed by atoms with E-state index in [1.54, 1.807) is 0 Å². The molecule has 2 aromatic carbocycles. The van der Waals surface area contributed by atoms with Gasteiger partial charge in [0.2, 0.25) is 0 Å². The van der Waals surface area contributed by atoms with E-state index in [1.165, 1.54) is 44.8 Å². The molecule has 0 saturated heterocycles. The van der Waals surface area contributed by atoms with E-state index in [0.717, 1.165) is 0 Å². The number of aryl methyl sites for hydroxylation is 6. The highest BCUT2D eigenvalue weighted by atomic mass is 15.1. The second-order valence-electron chi connectivity index (χ2n) is 6.00. The molecule has 0 N–H and O–H groups in total. The first-order chi connectivity index (χ1) is 9.31. The van der Waals surface area contributed by atoms with E-state index < -0.39 is 0 Å². The smallest absolute Gasteiger partial charge is 0.0440 e. The molecule has 20 heavy (non-hydrogen) atoms. The lowest BCUT2D eigenvalue weighted by Gasteiger charge is -2.25. The van der Waals surface area contributed by atoms with Gasteiger partial charge in [-0.05, 0) is 87.1 Å². The van der Waals surface area contributed by atoms with Gasteiger partial charge in [0.15, 0.2) is 0 Å². The highest BCUT2D eigenvalue weighted by Crippen LogP contribution is 2.32. The molecule has 0 aromatic heterocycles. The lowest BCUT2D eigenvalue weighted by Crippen LogP contribution is -2.13. The van der Waals surface area contributed by atoms with Crippen LogP contribution in [0.5, 0.6) is 0 Å². The third-order valence-electron chi connectivity index (χ3n) is 4.35. The molecule has 2 aromatic rings. The number of hydrogen-bond acceptors (Lipinski definition) is 1. The van der Waals surface area contributed by atoms with Gasteiger partial charge in [0.1, 0.15) is 0 Å². The van der Waals surface area contributed by atoms with Crippen LogP contribution >= 0.6 is 0 Å². The van der Waals surface area contributed by atoms with Crippen molar-refractivity contribution in [1.82, 2.24) is 0 Å². The van der Waals surface area contributed by atoms with E-state index >= 15 is 0 Å². The predicted molar refractivity (Wildman–Crippen MR) is 89.4 cm³/mol. The fourth-order valence-electron chi connectivity index (χ4n) is 2.74. The average molecular weight is 267 g/mol. The SMILES string of the molecule is Cc1cc(C)c(N(C)c2cc(C)c(C)cc2C)cc1C. The molecule has 0 heterocycles. The van der Waals surface area contributed by atoms with Crippen molar-refractivity contribution in [3.05, 3.63) is 57.6 Å². The Hall–Kier alpha value is -1.76. The minimum atomic E-state index is 1.29. The topological polar surface area (TPSA) is 3.24 Å². The molecular weight excluding hydrogens is 242 g/mol. The van der Waals surface area contributed by atoms with Crippen LogP contribution in [-0.2, 0) is 0 Å². The van der Waals surface area contributed by atoms with Crippen LogP contribution in [0.4, 0.5) is 11.4 Å². The van der Waals surface area contributed by atoms with Crippen molar-refractivity contribution in [2.75, 3.05) is 11.9 Å². The first-order valence-corrected chi connectivity index (χ1v) is 7.20. The van der Waals surface area contributed by atoms with Crippen molar-refractivity contribution < 1.29 is 0 Å². The van der Waals surface area contributed by atoms with E-state index in [2.05, 4.69) is 77.8 Å². The molecule has 0 radical (unpaired) electrons. The monoisotopic (exact) mass is 267 g/mol. The number of rotatable bonds is 2. The third-order valence-corrected chi connectivity index (χ3v) is 4.35. The van der Waals surface area contributed by atoms with Crippen molar-refractivity contribution in [3.8, 4) is 0 Å². The molecule has 0 aliphatic rings. The molecule has 0 saturated carbocycles. The summed E-state index contributed by atoms with van der Waals surface area (Å²) in [6, 6.07) is 9.13. The van der Waals surface area contributed by atoms with Gasteiger partial charge in [0.25, 0.3) is 0 Å². The van der Waals surface area contributed by atoms with Crippen molar-refractivity contribution in [2.45, 2.75) is 41.5 Å². The summed E-state index contributed by atoms with van der Waals surface area (Å²) < 4.78 is 0. The fourth-order valence-corrected chi connectivity index (χ4v) is 2.74. The summed E-state index contributed by atoms with van der Waals surface area (Å²) in [5.74, 6) is 0. The maximum Gasteiger partial charge on any atom is 0.0440 e. The molecule has 1 nitrogen and oxygen atoms in total. The second kappa shape index (κ2) is 5.32. The Kier molecular flexibility index (Phi) is 3.89. The zero-order chi connectivity index (χ0) is 15.0. The zero-order valence-electron chi connectivity index (χ0n) is 13.8. The largest absolute Gasteiger partial charge is 0.344 e. The van der Waals surface area contributed by atoms with Gasteiger partial charge in [0.05, 0.1) is 0 Å². The first-order valence-electron chi connectivity index (χ1n) is 7.20. The molecular formula is C19H25N. The van der Waals surface area contributed by atoms with Crippen LogP contribution in [0.25, 0.3) is 0 Å². The number of benzene rings is 2. The number of anilines is 2. The molecule has 0 fully saturated rings. The van der Waals surface area contributed by atoms with Crippen molar-refractivity contribution in [3.63, 3.8) is 0 Å². The number of nitrogens with zero attached hydrogens (tertiary/aromatic N) is 1. The molecule has 0 atom stereocenters. The first kappa shape index (κ1) is 14.6. The van der Waals surface area contributed by atoms with Gasteiger partial charge in [-0.3, -0.25) is 0 Å². The van der Waals surface area contributed by atoms with Crippen LogP contribution in [0, 0.1) is 41.5 Å². The number of hydrogen-bond donors (Lipinski definition) is 0. The average Bonchev–Trinajstić information content (AvgIpc) is 2.37. The highest BCUT2D eigenvalue weighted by molar-refractivity contribution is 5.70. The van der Waals surface area contributed by atoms with Gasteiger partial charge in [0, 0.05) is 18.4 Å². The second-order valence-corrected chi connectivity index (χ2v) is 6.00. The summed E-state index contributed by atoms with van der Waals surface area (Å²) in [6.45, 7) is 13.1. The van der Waals surface area contributed by atoms with Gasteiger partial charge < -0.3 is 4.90 Å². The fraction of sp³-hybridized carbons (Fsp3) is 0.368. The van der Waals surface area contributed by atoms with Crippen molar-refractivity contribution in [1.29, 1.82) is 0 Å². The molecule has 2 rings (SSSR count). The Balaban J connectivity index is 2.54. The van der Waals surface area contributed by atoms with Crippen LogP contribution in [0.3, 0.4) is 0 Å². The van der Waals surface area contributed by atoms with Gasteiger partial charge in [-0.25, -0.2) is 0 Å². The molecule has 0 bridgehead atoms. The minimum absolute atomic E-state index is 1.29. The van der Waals surface area contributed by atoms with Crippen LogP contribution in [-0.4, -0.2) is 7.05 Å². The molecule has 0 spiro atoms. The van der Waals surface area contributed by atoms with Crippen LogP contribution < -0.4 is 4.90 Å². The van der Waals surface area contributed by atoms with Crippen LogP contribution in [0.15, 0.2) is 24.3 Å². The molecule has 0 unspecified atom stereocenters. The Morgan fingerprint density at radius 2 is 0.800 bits per heavy atom. The van der Waals surface area contributed by atoms with Crippen LogP contribution in [0.1, 0.15) is 33.4 Å². The van der Waals surface area contributed by atoms with Gasteiger partial charge in [-0.15, -0.1) is 0 Å². The summed E-state index contributed by atoms with van der Waals surface area (Å²) in [7, 11) is 2.16. The Morgan fingerprint density at radius 3 is 1.15 bits per heavy atom. The normalized spacial score (nSPS) is 10.8. The molecule has 106 valence electrons. The molecule has 0 amide bonds. The predicted octanol–water partition coefficient (Wildman–Crippen LogP) is 5.31. The van der Waals surface area contributed by atoms with Gasteiger partial charge >= 0.3 is 0 Å². The summed E-state index contributed by atoms with van der Waals surface area (Å²) in [6.07, 6.45) is 0. The maximum atomic E-state index is 2.31. The molecule has 1 heteroatoms. The van der Waals surface area contributed by atoms with E-state index in [4.69, 9.17) is 0 Å². The van der Waals surface area contributed by atoms with Gasteiger partial charge in [-0.2, -0.15) is 0 Å². The van der Waals surface area contributed by atoms with Crippen molar-refractivity contribution in [2.24, 2.45) is 0 Å². The Bertz CT molecular complexity index is 596. The van der Waals surface area contributed by atoms with E-state index in [1.807, 2.05) is 0 Å². The summed E-state index contributed by atoms with van der Waals surface area (Å²) in [5, 5.41) is 0. The standard InChI is InChI=1S/C19H25N/c1-12-8-16(5)18(10-14(12)3)20(7)19-11-15(4)13(2)9-17(19)6/h8-11H,1-7H3. The quantitative estimate of drug-likeness (QED) is 0.713. The summed E-state index contributed by atoms with van der Waals surface area (Å²) >= 11 is 0. The lowest BCUT2D eigenvalue weighted by molar-refractivity contribution is 1.14. The summed E-state index contributed by atoms with van der Waals surface area (Å²) in [4.78, 5) is 2.31. The van der Waals surface area contributed by atoms with E-state index in [0.29, 0.717) is 0 Å². The Labute approximate surface area is 123 Å². The third kappa shape index (κ3) is 2.58. The minimum Gasteiger partial charge on any atom is -0.344 e. The Morgan fingerprint density at radius 1 is 0.500 bits per heavy atom. The zero-order valence-corrected chi connectivity index (χ0v) is 13.8. The highest BCUT2D eigenvalue weighted by Gasteiger charge is 2.12. The van der Waals surface area contributed by atoms with Crippen molar-refractivity contribution >= 4 is 11.4 Å². The molecule has 0 aliphatic heterocycles. The van der Waals surface area contributed by atoms with Gasteiger partial charge in [-0.1, -0.05) is 12.1 Å². The van der Waals surface area contributed by atoms with Crippen LogP contribution in [0.2, 0.25) is 0 Å². The summed E-state index contributed by atoms with van der Waals surface area (Å²) in [5.41, 5.74) is 10.6. The van der Waals surface area contributed by atoms with E-state index in [9.17, 15) is 0 Å². The molecule has 0 aliphatic carbocycles.